The molecule has 18 heavy (non-hydrogen) atoms. The number of hydrogen-bond acceptors (Lipinski definition) is 3. The molecule has 0 atom stereocenters. The van der Waals surface area contributed by atoms with Crippen molar-refractivity contribution < 1.29 is 31.5 Å². The van der Waals surface area contributed by atoms with Crippen LogP contribution in [0.1, 0.15) is 5.56 Å². The summed E-state index contributed by atoms with van der Waals surface area (Å²) in [6.45, 7) is 3.13. The normalized spacial score (nSPS) is 12.2. The number of carbonyl (C=O) groups is 1. The predicted octanol–water partition coefficient (Wildman–Crippen LogP) is 2.08. The van der Waals surface area contributed by atoms with E-state index in [0.717, 1.165) is 18.2 Å². The fraction of sp³-hybridized carbons (Fsp3) is 0.100. The largest absolute Gasteiger partial charge is 0.501 e. The van der Waals surface area contributed by atoms with E-state index in [1.807, 2.05) is 0 Å². The van der Waals surface area contributed by atoms with Crippen molar-refractivity contribution in [3.05, 3.63) is 36.4 Å². The lowest BCUT2D eigenvalue weighted by molar-refractivity contribution is -0.130. The van der Waals surface area contributed by atoms with Crippen molar-refractivity contribution in [2.24, 2.45) is 0 Å². The number of alkyl halides is 3. The molecule has 0 amide bonds. The van der Waals surface area contributed by atoms with Crippen LogP contribution in [0.2, 0.25) is 0 Å². The lowest BCUT2D eigenvalue weighted by Crippen LogP contribution is -2.23. The molecule has 0 aliphatic rings. The number of benzene rings is 1. The van der Waals surface area contributed by atoms with Gasteiger partial charge in [-0.25, -0.2) is 13.2 Å². The molecule has 0 saturated carbocycles. The predicted molar refractivity (Wildman–Crippen MR) is 56.4 cm³/mol. The van der Waals surface area contributed by atoms with Gasteiger partial charge in [-0.15, -0.1) is 0 Å². The van der Waals surface area contributed by atoms with Gasteiger partial charge in [0.15, 0.2) is 0 Å². The van der Waals surface area contributed by atoms with E-state index in [1.165, 1.54) is 0 Å². The third kappa shape index (κ3) is 2.53. The molecule has 4 nitrogen and oxygen atoms in total. The van der Waals surface area contributed by atoms with Crippen molar-refractivity contribution in [1.82, 2.24) is 0 Å². The first kappa shape index (κ1) is 14.2. The van der Waals surface area contributed by atoms with Crippen molar-refractivity contribution in [3.63, 3.8) is 0 Å². The minimum Gasteiger partial charge on any atom is -0.478 e. The summed E-state index contributed by atoms with van der Waals surface area (Å²) in [7, 11) is -5.49. The molecule has 0 aromatic heterocycles. The fourth-order valence-corrected chi connectivity index (χ4v) is 1.92. The van der Waals surface area contributed by atoms with Crippen molar-refractivity contribution >= 4 is 21.4 Å². The van der Waals surface area contributed by atoms with E-state index < -0.39 is 31.8 Å². The first-order valence-corrected chi connectivity index (χ1v) is 5.89. The first-order valence-electron chi connectivity index (χ1n) is 4.41. The molecule has 0 radical (unpaired) electrons. The van der Waals surface area contributed by atoms with E-state index in [9.17, 15) is 26.4 Å². The smallest absolute Gasteiger partial charge is 0.478 e. The maximum Gasteiger partial charge on any atom is 0.501 e. The van der Waals surface area contributed by atoms with E-state index in [-0.39, 0.29) is 5.56 Å². The van der Waals surface area contributed by atoms with Gasteiger partial charge in [-0.1, -0.05) is 18.7 Å². The average Bonchev–Trinajstić information content (AvgIpc) is 2.26. The molecule has 0 saturated heterocycles. The number of halogens is 3. The van der Waals surface area contributed by atoms with Crippen LogP contribution >= 0.6 is 0 Å². The van der Waals surface area contributed by atoms with Crippen LogP contribution in [0.5, 0.6) is 0 Å². The highest BCUT2D eigenvalue weighted by Gasteiger charge is 2.46. The van der Waals surface area contributed by atoms with Crippen LogP contribution in [0, 0.1) is 0 Å². The van der Waals surface area contributed by atoms with Gasteiger partial charge in [0.2, 0.25) is 0 Å². The number of aliphatic carboxylic acids is 1. The van der Waals surface area contributed by atoms with E-state index in [4.69, 9.17) is 5.11 Å². The van der Waals surface area contributed by atoms with Gasteiger partial charge in [-0.3, -0.25) is 0 Å². The summed E-state index contributed by atoms with van der Waals surface area (Å²) in [5.74, 6) is -1.45. The van der Waals surface area contributed by atoms with Crippen molar-refractivity contribution in [1.29, 1.82) is 0 Å². The van der Waals surface area contributed by atoms with Gasteiger partial charge in [0.05, 0.1) is 10.5 Å². The Morgan fingerprint density at radius 1 is 1.28 bits per heavy atom. The van der Waals surface area contributed by atoms with Crippen LogP contribution in [0.15, 0.2) is 35.7 Å². The fourth-order valence-electron chi connectivity index (χ4n) is 1.11. The van der Waals surface area contributed by atoms with Crippen LogP contribution < -0.4 is 0 Å². The van der Waals surface area contributed by atoms with E-state index >= 15 is 0 Å². The van der Waals surface area contributed by atoms with Gasteiger partial charge in [-0.2, -0.15) is 13.2 Å². The quantitative estimate of drug-likeness (QED) is 0.860. The highest BCUT2D eigenvalue weighted by molar-refractivity contribution is 7.92. The highest BCUT2D eigenvalue weighted by atomic mass is 32.2. The third-order valence-corrected chi connectivity index (χ3v) is 3.54. The van der Waals surface area contributed by atoms with Crippen LogP contribution in [0.4, 0.5) is 13.2 Å². The van der Waals surface area contributed by atoms with Crippen LogP contribution in [-0.4, -0.2) is 25.0 Å². The average molecular weight is 280 g/mol. The maximum atomic E-state index is 12.3. The molecule has 0 bridgehead atoms. The van der Waals surface area contributed by atoms with Crippen LogP contribution in [0.25, 0.3) is 5.57 Å². The van der Waals surface area contributed by atoms with E-state index in [1.54, 1.807) is 0 Å². The summed E-state index contributed by atoms with van der Waals surface area (Å²) >= 11 is 0. The molecule has 98 valence electrons. The summed E-state index contributed by atoms with van der Waals surface area (Å²) in [6.07, 6.45) is 0. The maximum absolute atomic E-state index is 12.3. The lowest BCUT2D eigenvalue weighted by atomic mass is 10.1. The minimum atomic E-state index is -5.49. The Hall–Kier alpha value is -1.83. The topological polar surface area (TPSA) is 71.4 Å². The number of carboxylic acids is 1. The Bertz CT molecular complexity index is 602. The van der Waals surface area contributed by atoms with Gasteiger partial charge >= 0.3 is 11.5 Å². The molecule has 1 aromatic carbocycles. The molecular formula is C10H7F3O4S. The van der Waals surface area contributed by atoms with Crippen molar-refractivity contribution in [3.8, 4) is 0 Å². The second-order valence-electron chi connectivity index (χ2n) is 3.26. The highest BCUT2D eigenvalue weighted by Crippen LogP contribution is 2.31. The Kier molecular flexibility index (Phi) is 3.52. The summed E-state index contributed by atoms with van der Waals surface area (Å²) in [4.78, 5) is 9.57. The Labute approximate surface area is 100 Å². The molecule has 0 aliphatic carbocycles. The van der Waals surface area contributed by atoms with Crippen molar-refractivity contribution in [2.45, 2.75) is 10.4 Å². The second-order valence-corrected chi connectivity index (χ2v) is 5.20. The Morgan fingerprint density at radius 2 is 1.83 bits per heavy atom. The molecule has 1 N–H and O–H groups in total. The zero-order valence-electron chi connectivity index (χ0n) is 8.73. The molecule has 1 rings (SSSR count). The molecule has 0 aliphatic heterocycles. The molecule has 0 unspecified atom stereocenters. The second kappa shape index (κ2) is 4.45. The van der Waals surface area contributed by atoms with Crippen molar-refractivity contribution in [2.75, 3.05) is 0 Å². The Balaban J connectivity index is 3.35. The third-order valence-electron chi connectivity index (χ3n) is 2.06. The van der Waals surface area contributed by atoms with E-state index in [0.29, 0.717) is 6.07 Å². The molecule has 0 fully saturated rings. The SMILES string of the molecule is C=C(C(=O)O)c1cccc(S(=O)(=O)C(F)(F)F)c1. The monoisotopic (exact) mass is 280 g/mol. The molecule has 0 spiro atoms. The molecule has 0 heterocycles. The Morgan fingerprint density at radius 3 is 2.28 bits per heavy atom. The summed E-state index contributed by atoms with van der Waals surface area (Å²) in [5.41, 5.74) is -6.13. The summed E-state index contributed by atoms with van der Waals surface area (Å²) in [5, 5.41) is 8.62. The van der Waals surface area contributed by atoms with Gasteiger partial charge in [0.1, 0.15) is 0 Å². The first-order chi connectivity index (χ1) is 8.07. The number of rotatable bonds is 3. The zero-order valence-corrected chi connectivity index (χ0v) is 9.55. The van der Waals surface area contributed by atoms with Gasteiger partial charge in [-0.05, 0) is 17.7 Å². The zero-order chi connectivity index (χ0) is 14.1. The number of hydrogen-bond donors (Lipinski definition) is 1. The lowest BCUT2D eigenvalue weighted by Gasteiger charge is -2.09. The van der Waals surface area contributed by atoms with Crippen LogP contribution in [-0.2, 0) is 14.6 Å². The standard InChI is InChI=1S/C10H7F3O4S/c1-6(9(14)15)7-3-2-4-8(5-7)18(16,17)10(11,12)13/h2-5H,1H2,(H,14,15). The minimum absolute atomic E-state index is 0.201. The number of sulfone groups is 1. The van der Waals surface area contributed by atoms with Gasteiger partial charge < -0.3 is 5.11 Å². The molecule has 1 aromatic rings. The number of carboxylic acid groups (broad SMARTS) is 1. The van der Waals surface area contributed by atoms with Crippen LogP contribution in [0.3, 0.4) is 0 Å². The summed E-state index contributed by atoms with van der Waals surface area (Å²) < 4.78 is 59.0. The van der Waals surface area contributed by atoms with Gasteiger partial charge in [0.25, 0.3) is 9.84 Å². The van der Waals surface area contributed by atoms with E-state index in [2.05, 4.69) is 6.58 Å². The summed E-state index contributed by atoms with van der Waals surface area (Å²) in [6, 6.07) is 3.54. The molecular weight excluding hydrogens is 273 g/mol. The van der Waals surface area contributed by atoms with Gasteiger partial charge in [0, 0.05) is 0 Å². The molecule has 8 heteroatoms.